The highest BCUT2D eigenvalue weighted by Crippen LogP contribution is 2.15. The second-order valence-electron chi connectivity index (χ2n) is 6.93. The Morgan fingerprint density at radius 1 is 1.04 bits per heavy atom. The molecule has 0 saturated heterocycles. The van der Waals surface area contributed by atoms with Crippen LogP contribution >= 0.6 is 0 Å². The van der Waals surface area contributed by atoms with Crippen LogP contribution in [0.5, 0.6) is 0 Å². The predicted octanol–water partition coefficient (Wildman–Crippen LogP) is 3.81. The van der Waals surface area contributed by atoms with Crippen molar-refractivity contribution in [2.75, 3.05) is 6.54 Å². The number of nitrogens with one attached hydrogen (secondary N) is 1. The minimum atomic E-state index is -1.33. The molecule has 1 aromatic carbocycles. The number of Topliss-reactive ketones (excluding diaryl/α,β-unsaturated/α-hetero) is 1. The minimum absolute atomic E-state index is 0.179. The molecule has 0 aliphatic rings. The summed E-state index contributed by atoms with van der Waals surface area (Å²) in [6.07, 6.45) is 6.69. The number of aryl methyl sites for hydroxylation is 1. The zero-order valence-corrected chi connectivity index (χ0v) is 16.4. The Kier molecular flexibility index (Phi) is 8.11. The van der Waals surface area contributed by atoms with Crippen LogP contribution in [0.2, 0.25) is 0 Å². The van der Waals surface area contributed by atoms with Crippen LogP contribution in [-0.4, -0.2) is 22.8 Å². The quantitative estimate of drug-likeness (QED) is 0.384. The second-order valence-corrected chi connectivity index (χ2v) is 6.93. The molecule has 0 fully saturated rings. The summed E-state index contributed by atoms with van der Waals surface area (Å²) in [5.74, 6) is -1.55. The number of aromatic nitrogens is 1. The third-order valence-electron chi connectivity index (χ3n) is 4.57. The molecule has 28 heavy (non-hydrogen) atoms. The van der Waals surface area contributed by atoms with Crippen molar-refractivity contribution in [1.82, 2.24) is 9.88 Å². The van der Waals surface area contributed by atoms with Crippen LogP contribution in [0.15, 0.2) is 47.4 Å². The number of unbranched alkanes of at least 4 members (excludes halogenated alkanes) is 4. The van der Waals surface area contributed by atoms with Crippen LogP contribution in [0, 0.1) is 12.7 Å². The molecule has 2 rings (SSSR count). The molecule has 5 nitrogen and oxygen atoms in total. The number of pyridine rings is 1. The monoisotopic (exact) mass is 386 g/mol. The van der Waals surface area contributed by atoms with E-state index >= 15 is 0 Å². The van der Waals surface area contributed by atoms with Gasteiger partial charge in [-0.3, -0.25) is 19.0 Å². The van der Waals surface area contributed by atoms with E-state index in [4.69, 9.17) is 0 Å². The number of amides is 1. The first-order valence-corrected chi connectivity index (χ1v) is 9.70. The lowest BCUT2D eigenvalue weighted by molar-refractivity contribution is -0.123. The van der Waals surface area contributed by atoms with Crippen molar-refractivity contribution in [3.63, 3.8) is 0 Å². The summed E-state index contributed by atoms with van der Waals surface area (Å²) in [4.78, 5) is 38.1. The highest BCUT2D eigenvalue weighted by molar-refractivity contribution is 6.11. The highest BCUT2D eigenvalue weighted by Gasteiger charge is 2.30. The molecule has 6 heteroatoms. The predicted molar refractivity (Wildman–Crippen MR) is 107 cm³/mol. The zero-order valence-electron chi connectivity index (χ0n) is 16.4. The number of hydrogen-bond acceptors (Lipinski definition) is 3. The van der Waals surface area contributed by atoms with Gasteiger partial charge in [0.25, 0.3) is 11.5 Å². The van der Waals surface area contributed by atoms with Gasteiger partial charge in [-0.05, 0) is 43.2 Å². The van der Waals surface area contributed by atoms with E-state index in [0.717, 1.165) is 54.4 Å². The van der Waals surface area contributed by atoms with Gasteiger partial charge in [0, 0.05) is 24.4 Å². The van der Waals surface area contributed by atoms with E-state index in [1.165, 1.54) is 24.4 Å². The van der Waals surface area contributed by atoms with Gasteiger partial charge in [0.15, 0.2) is 11.8 Å². The molecule has 150 valence electrons. The molecule has 0 bridgehead atoms. The summed E-state index contributed by atoms with van der Waals surface area (Å²) in [5, 5.41) is 2.77. The standard InChI is InChI=1S/C22H27FN2O3/c1-3-4-5-6-7-14-24-22(28)20(25-15-16(2)8-13-19(25)26)21(27)17-9-11-18(23)12-10-17/h8-13,15,20H,3-7,14H2,1-2H3,(H,24,28)/t20-/m0/s1. The molecule has 0 aliphatic carbocycles. The van der Waals surface area contributed by atoms with E-state index in [0.29, 0.717) is 6.54 Å². The fourth-order valence-corrected chi connectivity index (χ4v) is 3.00. The van der Waals surface area contributed by atoms with Crippen molar-refractivity contribution in [3.8, 4) is 0 Å². The average Bonchev–Trinajstić information content (AvgIpc) is 2.68. The lowest BCUT2D eigenvalue weighted by Gasteiger charge is -2.19. The largest absolute Gasteiger partial charge is 0.354 e. The van der Waals surface area contributed by atoms with Gasteiger partial charge >= 0.3 is 0 Å². The topological polar surface area (TPSA) is 68.2 Å². The number of rotatable bonds is 10. The van der Waals surface area contributed by atoms with Gasteiger partial charge in [-0.1, -0.05) is 38.7 Å². The van der Waals surface area contributed by atoms with Crippen LogP contribution in [0.25, 0.3) is 0 Å². The maximum absolute atomic E-state index is 13.2. The summed E-state index contributed by atoms with van der Waals surface area (Å²) in [6, 6.07) is 6.60. The molecule has 0 aliphatic heterocycles. The first-order chi connectivity index (χ1) is 13.4. The molecular formula is C22H27FN2O3. The molecular weight excluding hydrogens is 359 g/mol. The number of nitrogens with zero attached hydrogens (tertiary/aromatic N) is 1. The third kappa shape index (κ3) is 5.87. The first-order valence-electron chi connectivity index (χ1n) is 9.70. The summed E-state index contributed by atoms with van der Waals surface area (Å²) < 4.78 is 14.3. The molecule has 1 heterocycles. The van der Waals surface area contributed by atoms with E-state index in [1.807, 2.05) is 0 Å². The highest BCUT2D eigenvalue weighted by atomic mass is 19.1. The second kappa shape index (κ2) is 10.5. The zero-order chi connectivity index (χ0) is 20.5. The maximum Gasteiger partial charge on any atom is 0.251 e. The Morgan fingerprint density at radius 2 is 1.71 bits per heavy atom. The fourth-order valence-electron chi connectivity index (χ4n) is 3.00. The number of benzene rings is 1. The van der Waals surface area contributed by atoms with E-state index in [1.54, 1.807) is 13.0 Å². The fraction of sp³-hybridized carbons (Fsp3) is 0.409. The Hall–Kier alpha value is -2.76. The summed E-state index contributed by atoms with van der Waals surface area (Å²) in [7, 11) is 0. The Morgan fingerprint density at radius 3 is 2.39 bits per heavy atom. The normalized spacial score (nSPS) is 11.8. The van der Waals surface area contributed by atoms with Gasteiger partial charge in [-0.2, -0.15) is 0 Å². The van der Waals surface area contributed by atoms with Gasteiger partial charge in [-0.15, -0.1) is 0 Å². The number of carbonyl (C=O) groups is 2. The van der Waals surface area contributed by atoms with Gasteiger partial charge in [0.2, 0.25) is 0 Å². The molecule has 0 unspecified atom stereocenters. The van der Waals surface area contributed by atoms with E-state index in [9.17, 15) is 18.8 Å². The van der Waals surface area contributed by atoms with E-state index in [2.05, 4.69) is 12.2 Å². The SMILES string of the molecule is CCCCCCCNC(=O)[C@H](C(=O)c1ccc(F)cc1)n1cc(C)ccc1=O. The Balaban J connectivity index is 2.22. The van der Waals surface area contributed by atoms with Gasteiger partial charge in [0.05, 0.1) is 0 Å². The number of ketones is 1. The van der Waals surface area contributed by atoms with E-state index in [-0.39, 0.29) is 5.56 Å². The van der Waals surface area contributed by atoms with Gasteiger partial charge in [-0.25, -0.2) is 4.39 Å². The number of hydrogen-bond donors (Lipinski definition) is 1. The van der Waals surface area contributed by atoms with Crippen LogP contribution in [-0.2, 0) is 4.79 Å². The molecule has 0 spiro atoms. The lowest BCUT2D eigenvalue weighted by atomic mass is 10.0. The molecule has 1 amide bonds. The maximum atomic E-state index is 13.2. The van der Waals surface area contributed by atoms with Crippen molar-refractivity contribution in [2.24, 2.45) is 0 Å². The minimum Gasteiger partial charge on any atom is -0.354 e. The summed E-state index contributed by atoms with van der Waals surface area (Å²) in [5.41, 5.74) is 0.492. The lowest BCUT2D eigenvalue weighted by Crippen LogP contribution is -2.41. The molecule has 1 N–H and O–H groups in total. The molecule has 0 saturated carbocycles. The van der Waals surface area contributed by atoms with Crippen molar-refractivity contribution >= 4 is 11.7 Å². The summed E-state index contributed by atoms with van der Waals surface area (Å²) in [6.45, 7) is 4.35. The van der Waals surface area contributed by atoms with Gasteiger partial charge < -0.3 is 5.32 Å². The van der Waals surface area contributed by atoms with Crippen molar-refractivity contribution in [2.45, 2.75) is 52.0 Å². The van der Waals surface area contributed by atoms with Crippen LogP contribution < -0.4 is 10.9 Å². The van der Waals surface area contributed by atoms with Crippen molar-refractivity contribution < 1.29 is 14.0 Å². The van der Waals surface area contributed by atoms with Crippen molar-refractivity contribution in [1.29, 1.82) is 0 Å². The summed E-state index contributed by atoms with van der Waals surface area (Å²) >= 11 is 0. The van der Waals surface area contributed by atoms with E-state index < -0.39 is 29.1 Å². The van der Waals surface area contributed by atoms with Crippen molar-refractivity contribution in [3.05, 3.63) is 69.9 Å². The van der Waals surface area contributed by atoms with Gasteiger partial charge in [0.1, 0.15) is 5.82 Å². The Labute approximate surface area is 164 Å². The molecule has 1 aromatic heterocycles. The number of carbonyl (C=O) groups excluding carboxylic acids is 2. The third-order valence-corrected chi connectivity index (χ3v) is 4.57. The first kappa shape index (κ1) is 21.5. The molecule has 0 radical (unpaired) electrons. The Bertz CT molecular complexity index is 859. The molecule has 1 atom stereocenters. The average molecular weight is 386 g/mol. The molecule has 2 aromatic rings. The smallest absolute Gasteiger partial charge is 0.251 e. The van der Waals surface area contributed by atoms with Crippen LogP contribution in [0.3, 0.4) is 0 Å². The van der Waals surface area contributed by atoms with Crippen LogP contribution in [0.1, 0.15) is 61.0 Å². The number of halogens is 1. The van der Waals surface area contributed by atoms with Crippen LogP contribution in [0.4, 0.5) is 4.39 Å².